The van der Waals surface area contributed by atoms with E-state index in [4.69, 9.17) is 10.3 Å². The van der Waals surface area contributed by atoms with Crippen molar-refractivity contribution >= 4 is 17.2 Å². The zero-order chi connectivity index (χ0) is 11.7. The number of nitrogen functional groups attached to an aromatic ring is 1. The van der Waals surface area contributed by atoms with Crippen LogP contribution in [0.4, 0.5) is 5.88 Å². The van der Waals surface area contributed by atoms with Crippen LogP contribution >= 0.6 is 11.3 Å². The van der Waals surface area contributed by atoms with Gasteiger partial charge in [-0.15, -0.1) is 11.3 Å². The van der Waals surface area contributed by atoms with Crippen LogP contribution in [0.3, 0.4) is 0 Å². The lowest BCUT2D eigenvalue weighted by Crippen LogP contribution is -1.88. The smallest absolute Gasteiger partial charge is 0.232 e. The Labute approximate surface area is 101 Å². The van der Waals surface area contributed by atoms with E-state index in [2.05, 4.69) is 15.1 Å². The van der Waals surface area contributed by atoms with Gasteiger partial charge in [-0.1, -0.05) is 11.2 Å². The molecule has 0 radical (unpaired) electrons. The number of aromatic nitrogens is 3. The summed E-state index contributed by atoms with van der Waals surface area (Å²) in [6.45, 7) is 0. The third-order valence-corrected chi connectivity index (χ3v) is 3.09. The van der Waals surface area contributed by atoms with Crippen molar-refractivity contribution in [3.05, 3.63) is 36.1 Å². The molecule has 0 saturated carbocycles. The molecule has 0 spiro atoms. The molecule has 2 N–H and O–H groups in total. The number of rotatable bonds is 2. The standard InChI is InChI=1S/C11H8N4OS/c12-11-9(7-3-1-2-4-14-7)10(15-16-11)8-5-13-6-17-8/h1-6H,12H2. The first-order valence-electron chi connectivity index (χ1n) is 4.91. The van der Waals surface area contributed by atoms with Gasteiger partial charge in [0.1, 0.15) is 5.69 Å². The second-order valence-electron chi connectivity index (χ2n) is 3.35. The highest BCUT2D eigenvalue weighted by Crippen LogP contribution is 2.36. The average molecular weight is 244 g/mol. The Morgan fingerprint density at radius 1 is 1.29 bits per heavy atom. The Kier molecular flexibility index (Phi) is 2.34. The first kappa shape index (κ1) is 9.98. The highest BCUT2D eigenvalue weighted by molar-refractivity contribution is 7.13. The zero-order valence-corrected chi connectivity index (χ0v) is 9.52. The molecule has 0 unspecified atom stereocenters. The van der Waals surface area contributed by atoms with E-state index in [1.165, 1.54) is 11.3 Å². The predicted molar refractivity (Wildman–Crippen MR) is 65.3 cm³/mol. The largest absolute Gasteiger partial charge is 0.367 e. The van der Waals surface area contributed by atoms with Crippen molar-refractivity contribution in [1.82, 2.24) is 15.1 Å². The summed E-state index contributed by atoms with van der Waals surface area (Å²) in [5.41, 5.74) is 9.68. The molecule has 0 aliphatic heterocycles. The lowest BCUT2D eigenvalue weighted by Gasteiger charge is -1.98. The molecule has 17 heavy (non-hydrogen) atoms. The molecule has 0 saturated heterocycles. The molecule has 0 amide bonds. The molecule has 3 rings (SSSR count). The molecule has 5 nitrogen and oxygen atoms in total. The monoisotopic (exact) mass is 244 g/mol. The van der Waals surface area contributed by atoms with Crippen LogP contribution in [0.1, 0.15) is 0 Å². The second kappa shape index (κ2) is 3.99. The Balaban J connectivity index is 2.20. The Bertz CT molecular complexity index is 618. The minimum absolute atomic E-state index is 0.270. The third kappa shape index (κ3) is 1.68. The van der Waals surface area contributed by atoms with Gasteiger partial charge < -0.3 is 10.3 Å². The minimum Gasteiger partial charge on any atom is -0.367 e. The van der Waals surface area contributed by atoms with Gasteiger partial charge >= 0.3 is 0 Å². The van der Waals surface area contributed by atoms with Crippen molar-refractivity contribution in [2.75, 3.05) is 5.73 Å². The van der Waals surface area contributed by atoms with Crippen molar-refractivity contribution < 1.29 is 4.52 Å². The summed E-state index contributed by atoms with van der Waals surface area (Å²) in [4.78, 5) is 9.18. The van der Waals surface area contributed by atoms with Crippen LogP contribution in [0.5, 0.6) is 0 Å². The molecule has 3 aromatic rings. The van der Waals surface area contributed by atoms with Gasteiger partial charge in [-0.2, -0.15) is 0 Å². The zero-order valence-electron chi connectivity index (χ0n) is 8.70. The summed E-state index contributed by atoms with van der Waals surface area (Å²) in [5.74, 6) is 0.270. The molecule has 0 aromatic carbocycles. The quantitative estimate of drug-likeness (QED) is 0.749. The van der Waals surface area contributed by atoms with Gasteiger partial charge in [-0.05, 0) is 12.1 Å². The van der Waals surface area contributed by atoms with Gasteiger partial charge in [0, 0.05) is 12.4 Å². The maximum Gasteiger partial charge on any atom is 0.232 e. The number of anilines is 1. The molecule has 84 valence electrons. The topological polar surface area (TPSA) is 77.8 Å². The predicted octanol–water partition coefficient (Wildman–Crippen LogP) is 2.44. The van der Waals surface area contributed by atoms with Crippen LogP contribution in [0, 0.1) is 0 Å². The van der Waals surface area contributed by atoms with Crippen molar-refractivity contribution in [1.29, 1.82) is 0 Å². The maximum atomic E-state index is 5.79. The van der Waals surface area contributed by atoms with Crippen LogP contribution in [0.25, 0.3) is 21.8 Å². The first-order chi connectivity index (χ1) is 8.36. The van der Waals surface area contributed by atoms with Crippen molar-refractivity contribution in [2.24, 2.45) is 0 Å². The maximum absolute atomic E-state index is 5.79. The number of nitrogens with two attached hydrogens (primary N) is 1. The second-order valence-corrected chi connectivity index (χ2v) is 4.24. The molecule has 0 atom stereocenters. The Morgan fingerprint density at radius 3 is 2.94 bits per heavy atom. The normalized spacial score (nSPS) is 10.6. The van der Waals surface area contributed by atoms with E-state index in [9.17, 15) is 0 Å². The molecule has 3 heterocycles. The summed E-state index contributed by atoms with van der Waals surface area (Å²) in [6, 6.07) is 5.61. The fourth-order valence-electron chi connectivity index (χ4n) is 1.56. The van der Waals surface area contributed by atoms with Crippen molar-refractivity contribution in [3.63, 3.8) is 0 Å². The van der Waals surface area contributed by atoms with E-state index < -0.39 is 0 Å². The van der Waals surface area contributed by atoms with Crippen LogP contribution in [0.15, 0.2) is 40.6 Å². The molecule has 0 aliphatic carbocycles. The first-order valence-corrected chi connectivity index (χ1v) is 5.79. The van der Waals surface area contributed by atoms with Gasteiger partial charge in [-0.3, -0.25) is 9.97 Å². The fraction of sp³-hybridized carbons (Fsp3) is 0. The van der Waals surface area contributed by atoms with Gasteiger partial charge in [0.15, 0.2) is 0 Å². The molecule has 0 fully saturated rings. The highest BCUT2D eigenvalue weighted by atomic mass is 32.1. The lowest BCUT2D eigenvalue weighted by molar-refractivity contribution is 0.439. The number of pyridine rings is 1. The average Bonchev–Trinajstić information content (AvgIpc) is 2.98. The molecule has 0 aliphatic rings. The Morgan fingerprint density at radius 2 is 2.24 bits per heavy atom. The van der Waals surface area contributed by atoms with E-state index >= 15 is 0 Å². The molecular weight excluding hydrogens is 236 g/mol. The van der Waals surface area contributed by atoms with E-state index in [0.29, 0.717) is 5.69 Å². The van der Waals surface area contributed by atoms with Gasteiger partial charge in [-0.25, -0.2) is 0 Å². The molecule has 6 heteroatoms. The van der Waals surface area contributed by atoms with Crippen LogP contribution < -0.4 is 5.73 Å². The van der Waals surface area contributed by atoms with E-state index in [-0.39, 0.29) is 5.88 Å². The van der Waals surface area contributed by atoms with Gasteiger partial charge in [0.25, 0.3) is 0 Å². The van der Waals surface area contributed by atoms with Crippen molar-refractivity contribution in [3.8, 4) is 21.8 Å². The van der Waals surface area contributed by atoms with E-state index in [1.54, 1.807) is 17.9 Å². The third-order valence-electron chi connectivity index (χ3n) is 2.31. The van der Waals surface area contributed by atoms with Gasteiger partial charge in [0.2, 0.25) is 5.88 Å². The molecule has 0 bridgehead atoms. The summed E-state index contributed by atoms with van der Waals surface area (Å²) in [6.07, 6.45) is 3.44. The van der Waals surface area contributed by atoms with Crippen LogP contribution in [0.2, 0.25) is 0 Å². The fourth-order valence-corrected chi connectivity index (χ4v) is 2.17. The van der Waals surface area contributed by atoms with Crippen LogP contribution in [-0.2, 0) is 0 Å². The lowest BCUT2D eigenvalue weighted by atomic mass is 10.1. The summed E-state index contributed by atoms with van der Waals surface area (Å²) < 4.78 is 5.04. The summed E-state index contributed by atoms with van der Waals surface area (Å²) >= 11 is 1.48. The summed E-state index contributed by atoms with van der Waals surface area (Å²) in [7, 11) is 0. The van der Waals surface area contributed by atoms with Crippen LogP contribution in [-0.4, -0.2) is 15.1 Å². The van der Waals surface area contributed by atoms with E-state index in [1.807, 2.05) is 18.2 Å². The number of hydrogen-bond acceptors (Lipinski definition) is 6. The number of hydrogen-bond donors (Lipinski definition) is 1. The van der Waals surface area contributed by atoms with E-state index in [0.717, 1.165) is 16.1 Å². The number of nitrogens with zero attached hydrogens (tertiary/aromatic N) is 3. The van der Waals surface area contributed by atoms with Gasteiger partial charge in [0.05, 0.1) is 21.6 Å². The number of thiazole rings is 1. The summed E-state index contributed by atoms with van der Waals surface area (Å²) in [5, 5.41) is 3.96. The van der Waals surface area contributed by atoms with Crippen molar-refractivity contribution in [2.45, 2.75) is 0 Å². The molecule has 3 aromatic heterocycles. The highest BCUT2D eigenvalue weighted by Gasteiger charge is 2.18. The Hall–Kier alpha value is -2.21. The minimum atomic E-state index is 0.270. The SMILES string of the molecule is Nc1onc(-c2cncs2)c1-c1ccccn1. The molecular formula is C11H8N4OS.